The van der Waals surface area contributed by atoms with Crippen LogP contribution in [0.1, 0.15) is 18.1 Å². The van der Waals surface area contributed by atoms with Gasteiger partial charge in [-0.05, 0) is 47.5 Å². The van der Waals surface area contributed by atoms with Crippen LogP contribution in [-0.4, -0.2) is 22.5 Å². The SMILES string of the molecule is CCOC(=O)Nc1[nH]n(Cc2ccc(Br)c(Cl)c2)c(=O)c1C. The summed E-state index contributed by atoms with van der Waals surface area (Å²) in [6.07, 6.45) is -0.606. The number of H-pyrrole nitrogens is 1. The van der Waals surface area contributed by atoms with Crippen LogP contribution in [0.25, 0.3) is 0 Å². The summed E-state index contributed by atoms with van der Waals surface area (Å²) in [6.45, 7) is 3.91. The predicted octanol–water partition coefficient (Wildman–Crippen LogP) is 3.52. The Morgan fingerprint density at radius 3 is 2.86 bits per heavy atom. The maximum atomic E-state index is 12.2. The van der Waals surface area contributed by atoms with E-state index in [2.05, 4.69) is 26.3 Å². The molecule has 0 fully saturated rings. The number of benzene rings is 1. The van der Waals surface area contributed by atoms with E-state index in [1.807, 2.05) is 12.1 Å². The third kappa shape index (κ3) is 3.72. The topological polar surface area (TPSA) is 76.1 Å². The Morgan fingerprint density at radius 2 is 2.23 bits per heavy atom. The number of nitrogens with zero attached hydrogens (tertiary/aromatic N) is 1. The van der Waals surface area contributed by atoms with Gasteiger partial charge >= 0.3 is 6.09 Å². The molecule has 118 valence electrons. The smallest absolute Gasteiger partial charge is 0.412 e. The summed E-state index contributed by atoms with van der Waals surface area (Å²) in [5, 5.41) is 5.93. The van der Waals surface area contributed by atoms with Gasteiger partial charge in [0.1, 0.15) is 5.82 Å². The Labute approximate surface area is 140 Å². The molecule has 0 unspecified atom stereocenters. The Balaban J connectivity index is 2.23. The first-order chi connectivity index (χ1) is 10.4. The van der Waals surface area contributed by atoms with Crippen LogP contribution < -0.4 is 10.9 Å². The minimum Gasteiger partial charge on any atom is -0.450 e. The predicted molar refractivity (Wildman–Crippen MR) is 88.7 cm³/mol. The van der Waals surface area contributed by atoms with Crippen molar-refractivity contribution < 1.29 is 9.53 Å². The van der Waals surface area contributed by atoms with Crippen LogP contribution in [-0.2, 0) is 11.3 Å². The first-order valence-electron chi connectivity index (χ1n) is 6.59. The second-order valence-electron chi connectivity index (χ2n) is 4.60. The highest BCUT2D eigenvalue weighted by atomic mass is 79.9. The van der Waals surface area contributed by atoms with Crippen molar-refractivity contribution in [1.29, 1.82) is 0 Å². The lowest BCUT2D eigenvalue weighted by atomic mass is 10.2. The molecule has 0 aliphatic heterocycles. The molecule has 22 heavy (non-hydrogen) atoms. The highest BCUT2D eigenvalue weighted by molar-refractivity contribution is 9.10. The highest BCUT2D eigenvalue weighted by Gasteiger charge is 2.13. The summed E-state index contributed by atoms with van der Waals surface area (Å²) in [6, 6.07) is 5.44. The minimum absolute atomic E-state index is 0.217. The fraction of sp³-hybridized carbons (Fsp3) is 0.286. The van der Waals surface area contributed by atoms with Gasteiger partial charge in [-0.15, -0.1) is 0 Å². The van der Waals surface area contributed by atoms with E-state index in [1.54, 1.807) is 19.9 Å². The first-order valence-corrected chi connectivity index (χ1v) is 7.76. The molecule has 8 heteroatoms. The second-order valence-corrected chi connectivity index (χ2v) is 5.86. The van der Waals surface area contributed by atoms with Crippen LogP contribution in [0.3, 0.4) is 0 Å². The summed E-state index contributed by atoms with van der Waals surface area (Å²) in [7, 11) is 0. The molecule has 0 saturated carbocycles. The van der Waals surface area contributed by atoms with Crippen LogP contribution in [0.4, 0.5) is 10.6 Å². The van der Waals surface area contributed by atoms with Gasteiger partial charge < -0.3 is 4.74 Å². The molecular weight excluding hydrogens is 374 g/mol. The van der Waals surface area contributed by atoms with Crippen LogP contribution in [0.2, 0.25) is 5.02 Å². The average Bonchev–Trinajstić information content (AvgIpc) is 2.71. The highest BCUT2D eigenvalue weighted by Crippen LogP contribution is 2.23. The normalized spacial score (nSPS) is 10.5. The molecule has 2 aromatic rings. The zero-order valence-corrected chi connectivity index (χ0v) is 14.4. The lowest BCUT2D eigenvalue weighted by Crippen LogP contribution is -2.18. The minimum atomic E-state index is -0.606. The molecule has 1 aromatic heterocycles. The molecule has 2 rings (SSSR count). The molecule has 6 nitrogen and oxygen atoms in total. The van der Waals surface area contributed by atoms with E-state index in [4.69, 9.17) is 16.3 Å². The molecule has 0 saturated heterocycles. The van der Waals surface area contributed by atoms with E-state index in [9.17, 15) is 9.59 Å². The van der Waals surface area contributed by atoms with Crippen molar-refractivity contribution in [3.8, 4) is 0 Å². The summed E-state index contributed by atoms with van der Waals surface area (Å²) in [5.74, 6) is 0.326. The largest absolute Gasteiger partial charge is 0.450 e. The van der Waals surface area contributed by atoms with Crippen LogP contribution in [0, 0.1) is 6.92 Å². The number of aromatic nitrogens is 2. The first kappa shape index (κ1) is 16.6. The fourth-order valence-electron chi connectivity index (χ4n) is 1.90. The van der Waals surface area contributed by atoms with E-state index in [1.165, 1.54) is 4.68 Å². The zero-order chi connectivity index (χ0) is 16.3. The van der Waals surface area contributed by atoms with Crippen molar-refractivity contribution in [3.63, 3.8) is 0 Å². The number of ether oxygens (including phenoxy) is 1. The molecule has 0 radical (unpaired) electrons. The van der Waals surface area contributed by atoms with Crippen molar-refractivity contribution in [1.82, 2.24) is 9.78 Å². The van der Waals surface area contributed by atoms with Crippen LogP contribution in [0.5, 0.6) is 0 Å². The van der Waals surface area contributed by atoms with Crippen molar-refractivity contribution in [2.24, 2.45) is 0 Å². The number of halogens is 2. The number of amides is 1. The maximum absolute atomic E-state index is 12.2. The Morgan fingerprint density at radius 1 is 1.50 bits per heavy atom. The molecule has 2 N–H and O–H groups in total. The average molecular weight is 389 g/mol. The Hall–Kier alpha value is -1.73. The monoisotopic (exact) mass is 387 g/mol. The number of carbonyl (C=O) groups is 1. The molecule has 0 aliphatic carbocycles. The molecule has 0 spiro atoms. The molecule has 0 atom stereocenters. The number of anilines is 1. The van der Waals surface area contributed by atoms with Gasteiger partial charge in [0.15, 0.2) is 0 Å². The number of carbonyl (C=O) groups excluding carboxylic acids is 1. The lowest BCUT2D eigenvalue weighted by molar-refractivity contribution is 0.168. The summed E-state index contributed by atoms with van der Waals surface area (Å²) < 4.78 is 6.98. The fourth-order valence-corrected chi connectivity index (χ4v) is 2.35. The van der Waals surface area contributed by atoms with Crippen molar-refractivity contribution in [2.75, 3.05) is 11.9 Å². The standard InChI is InChI=1S/C14H15BrClN3O3/c1-3-22-14(21)17-12-8(2)13(20)19(18-12)7-9-4-5-10(15)11(16)6-9/h4-6,18H,3,7H2,1-2H3,(H,17,21). The molecule has 0 bridgehead atoms. The maximum Gasteiger partial charge on any atom is 0.412 e. The molecule has 0 aliphatic rings. The van der Waals surface area contributed by atoms with Gasteiger partial charge in [0.2, 0.25) is 0 Å². The Kier molecular flexibility index (Phi) is 5.31. The van der Waals surface area contributed by atoms with Crippen LogP contribution >= 0.6 is 27.5 Å². The van der Waals surface area contributed by atoms with E-state index in [0.717, 1.165) is 10.0 Å². The number of aromatic amines is 1. The zero-order valence-electron chi connectivity index (χ0n) is 12.1. The van der Waals surface area contributed by atoms with Crippen LogP contribution in [0.15, 0.2) is 27.5 Å². The van der Waals surface area contributed by atoms with Crippen molar-refractivity contribution in [3.05, 3.63) is 49.2 Å². The van der Waals surface area contributed by atoms with Crippen molar-refractivity contribution >= 4 is 39.4 Å². The quantitative estimate of drug-likeness (QED) is 0.841. The van der Waals surface area contributed by atoms with Crippen molar-refractivity contribution in [2.45, 2.75) is 20.4 Å². The number of hydrogen-bond acceptors (Lipinski definition) is 3. The lowest BCUT2D eigenvalue weighted by Gasteiger charge is -2.05. The number of nitrogens with one attached hydrogen (secondary N) is 2. The van der Waals surface area contributed by atoms with Gasteiger partial charge in [0, 0.05) is 4.47 Å². The van der Waals surface area contributed by atoms with E-state index < -0.39 is 6.09 Å². The summed E-state index contributed by atoms with van der Waals surface area (Å²) in [5.41, 5.74) is 1.06. The van der Waals surface area contributed by atoms with E-state index in [-0.39, 0.29) is 12.2 Å². The Bertz CT molecular complexity index is 754. The van der Waals surface area contributed by atoms with Gasteiger partial charge in [-0.3, -0.25) is 15.2 Å². The summed E-state index contributed by atoms with van der Waals surface area (Å²) >= 11 is 9.36. The number of rotatable bonds is 4. The van der Waals surface area contributed by atoms with Gasteiger partial charge in [-0.25, -0.2) is 9.48 Å². The van der Waals surface area contributed by atoms with E-state index >= 15 is 0 Å². The second kappa shape index (κ2) is 7.02. The third-order valence-electron chi connectivity index (χ3n) is 3.01. The van der Waals surface area contributed by atoms with E-state index in [0.29, 0.717) is 22.9 Å². The third-order valence-corrected chi connectivity index (χ3v) is 4.25. The van der Waals surface area contributed by atoms with Gasteiger partial charge in [0.05, 0.1) is 23.7 Å². The van der Waals surface area contributed by atoms with Gasteiger partial charge in [0.25, 0.3) is 5.56 Å². The molecule has 1 aromatic carbocycles. The molecule has 1 amide bonds. The molecular formula is C14H15BrClN3O3. The van der Waals surface area contributed by atoms with Gasteiger partial charge in [-0.2, -0.15) is 0 Å². The molecule has 1 heterocycles. The van der Waals surface area contributed by atoms with Gasteiger partial charge in [-0.1, -0.05) is 17.7 Å². The summed E-state index contributed by atoms with van der Waals surface area (Å²) in [4.78, 5) is 23.6. The number of hydrogen-bond donors (Lipinski definition) is 2.